The number of aliphatic carboxylic acids is 2. The number of carbonyl (C=O) groups is 2. The molecule has 0 bridgehead atoms. The lowest BCUT2D eigenvalue weighted by Gasteiger charge is -2.28. The summed E-state index contributed by atoms with van der Waals surface area (Å²) < 4.78 is 5.30. The zero-order chi connectivity index (χ0) is 11.4. The van der Waals surface area contributed by atoms with Crippen molar-refractivity contribution in [3.8, 4) is 0 Å². The van der Waals surface area contributed by atoms with Gasteiger partial charge in [0, 0.05) is 0 Å². The summed E-state index contributed by atoms with van der Waals surface area (Å²) in [6, 6.07) is 0. The molecular formula is C9H16O5. The van der Waals surface area contributed by atoms with Crippen LogP contribution in [0.2, 0.25) is 0 Å². The predicted molar refractivity (Wildman–Crippen MR) is 49.1 cm³/mol. The van der Waals surface area contributed by atoms with Crippen molar-refractivity contribution in [3.63, 3.8) is 0 Å². The summed E-state index contributed by atoms with van der Waals surface area (Å²) in [5.41, 5.74) is -1.13. The van der Waals surface area contributed by atoms with E-state index in [1.807, 2.05) is 0 Å². The number of hydrogen-bond donors (Lipinski definition) is 2. The van der Waals surface area contributed by atoms with Crippen LogP contribution in [-0.2, 0) is 14.3 Å². The van der Waals surface area contributed by atoms with Crippen LogP contribution >= 0.6 is 0 Å². The maximum atomic E-state index is 10.5. The van der Waals surface area contributed by atoms with Crippen LogP contribution < -0.4 is 0 Å². The van der Waals surface area contributed by atoms with Crippen molar-refractivity contribution in [2.45, 2.75) is 45.3 Å². The van der Waals surface area contributed by atoms with Gasteiger partial charge in [-0.2, -0.15) is 0 Å². The average molecular weight is 204 g/mol. The second-order valence-electron chi connectivity index (χ2n) is 3.76. The third kappa shape index (κ3) is 5.53. The van der Waals surface area contributed by atoms with Crippen molar-refractivity contribution >= 4 is 11.9 Å². The molecule has 5 heteroatoms. The Bertz CT molecular complexity index is 205. The van der Waals surface area contributed by atoms with Gasteiger partial charge in [0.1, 0.15) is 0 Å². The van der Waals surface area contributed by atoms with Gasteiger partial charge in [-0.15, -0.1) is 0 Å². The first kappa shape index (κ1) is 12.9. The summed E-state index contributed by atoms with van der Waals surface area (Å²) in [5, 5.41) is 17.2. The molecule has 0 rings (SSSR count). The van der Waals surface area contributed by atoms with Crippen molar-refractivity contribution in [1.82, 2.24) is 0 Å². The standard InChI is InChI=1S/C9H16O5/c1-6(2)14-9(3,4-7(10)11)5-8(12)13/h6H,4-5H2,1-3H3,(H,10,11)(H,12,13). The molecule has 0 aromatic carbocycles. The smallest absolute Gasteiger partial charge is 0.306 e. The number of rotatable bonds is 6. The zero-order valence-corrected chi connectivity index (χ0v) is 8.61. The lowest BCUT2D eigenvalue weighted by molar-refractivity contribution is -0.155. The fourth-order valence-electron chi connectivity index (χ4n) is 1.35. The maximum absolute atomic E-state index is 10.5. The first-order valence-corrected chi connectivity index (χ1v) is 4.36. The van der Waals surface area contributed by atoms with Crippen molar-refractivity contribution in [2.75, 3.05) is 0 Å². The Morgan fingerprint density at radius 2 is 1.57 bits per heavy atom. The van der Waals surface area contributed by atoms with Crippen molar-refractivity contribution in [2.24, 2.45) is 0 Å². The van der Waals surface area contributed by atoms with Gasteiger partial charge in [-0.05, 0) is 20.8 Å². The van der Waals surface area contributed by atoms with Crippen molar-refractivity contribution < 1.29 is 24.5 Å². The molecule has 82 valence electrons. The highest BCUT2D eigenvalue weighted by molar-refractivity contribution is 5.72. The molecule has 14 heavy (non-hydrogen) atoms. The van der Waals surface area contributed by atoms with E-state index in [1.54, 1.807) is 13.8 Å². The normalized spacial score (nSPS) is 11.7. The summed E-state index contributed by atoms with van der Waals surface area (Å²) in [7, 11) is 0. The monoisotopic (exact) mass is 204 g/mol. The fraction of sp³-hybridized carbons (Fsp3) is 0.778. The van der Waals surface area contributed by atoms with Crippen LogP contribution in [0.1, 0.15) is 33.6 Å². The Morgan fingerprint density at radius 1 is 1.21 bits per heavy atom. The first-order chi connectivity index (χ1) is 6.25. The zero-order valence-electron chi connectivity index (χ0n) is 8.61. The van der Waals surface area contributed by atoms with E-state index in [1.165, 1.54) is 6.92 Å². The predicted octanol–water partition coefficient (Wildman–Crippen LogP) is 1.12. The van der Waals surface area contributed by atoms with Crippen LogP contribution in [0.4, 0.5) is 0 Å². The maximum Gasteiger partial charge on any atom is 0.306 e. The molecular weight excluding hydrogens is 188 g/mol. The molecule has 0 aliphatic rings. The van der Waals surface area contributed by atoms with E-state index < -0.39 is 17.5 Å². The minimum Gasteiger partial charge on any atom is -0.481 e. The van der Waals surface area contributed by atoms with E-state index in [2.05, 4.69) is 0 Å². The Balaban J connectivity index is 4.48. The first-order valence-electron chi connectivity index (χ1n) is 4.36. The van der Waals surface area contributed by atoms with Crippen LogP contribution in [0.15, 0.2) is 0 Å². The Morgan fingerprint density at radius 3 is 1.79 bits per heavy atom. The van der Waals surface area contributed by atoms with E-state index in [0.29, 0.717) is 0 Å². The third-order valence-corrected chi connectivity index (χ3v) is 1.57. The van der Waals surface area contributed by atoms with E-state index in [0.717, 1.165) is 0 Å². The quantitative estimate of drug-likeness (QED) is 0.677. The van der Waals surface area contributed by atoms with E-state index in [4.69, 9.17) is 14.9 Å². The number of ether oxygens (including phenoxy) is 1. The van der Waals surface area contributed by atoms with Gasteiger partial charge < -0.3 is 14.9 Å². The number of hydrogen-bond acceptors (Lipinski definition) is 3. The lowest BCUT2D eigenvalue weighted by Crippen LogP contribution is -2.36. The summed E-state index contributed by atoms with van der Waals surface area (Å²) in [6.45, 7) is 4.97. The summed E-state index contributed by atoms with van der Waals surface area (Å²) in [6.07, 6.45) is -0.812. The molecule has 0 amide bonds. The molecule has 0 aliphatic carbocycles. The molecule has 0 saturated heterocycles. The molecule has 0 fully saturated rings. The van der Waals surface area contributed by atoms with Crippen LogP contribution in [-0.4, -0.2) is 33.9 Å². The molecule has 0 radical (unpaired) electrons. The third-order valence-electron chi connectivity index (χ3n) is 1.57. The Labute approximate surface area is 82.7 Å². The molecule has 5 nitrogen and oxygen atoms in total. The lowest BCUT2D eigenvalue weighted by atomic mass is 9.97. The minimum atomic E-state index is -1.13. The molecule has 0 unspecified atom stereocenters. The largest absolute Gasteiger partial charge is 0.481 e. The second-order valence-corrected chi connectivity index (χ2v) is 3.76. The van der Waals surface area contributed by atoms with Gasteiger partial charge >= 0.3 is 11.9 Å². The minimum absolute atomic E-state index is 0.196. The van der Waals surface area contributed by atoms with Gasteiger partial charge in [-0.25, -0.2) is 0 Å². The molecule has 0 heterocycles. The van der Waals surface area contributed by atoms with E-state index in [-0.39, 0.29) is 18.9 Å². The molecule has 0 saturated carbocycles. The highest BCUT2D eigenvalue weighted by Gasteiger charge is 2.32. The van der Waals surface area contributed by atoms with E-state index >= 15 is 0 Å². The van der Waals surface area contributed by atoms with Crippen LogP contribution in [0, 0.1) is 0 Å². The molecule has 2 N–H and O–H groups in total. The highest BCUT2D eigenvalue weighted by Crippen LogP contribution is 2.22. The number of carboxylic acids is 2. The SMILES string of the molecule is CC(C)OC(C)(CC(=O)O)CC(=O)O. The second kappa shape index (κ2) is 4.95. The van der Waals surface area contributed by atoms with Crippen LogP contribution in [0.25, 0.3) is 0 Å². The Hall–Kier alpha value is -1.10. The van der Waals surface area contributed by atoms with Crippen molar-refractivity contribution in [1.29, 1.82) is 0 Å². The highest BCUT2D eigenvalue weighted by atomic mass is 16.5. The van der Waals surface area contributed by atoms with Gasteiger partial charge in [0.15, 0.2) is 0 Å². The Kier molecular flexibility index (Phi) is 4.56. The molecule has 0 atom stereocenters. The topological polar surface area (TPSA) is 83.8 Å². The summed E-state index contributed by atoms with van der Waals surface area (Å²) in [4.78, 5) is 21.0. The fourth-order valence-corrected chi connectivity index (χ4v) is 1.35. The van der Waals surface area contributed by atoms with Crippen molar-refractivity contribution in [3.05, 3.63) is 0 Å². The van der Waals surface area contributed by atoms with Gasteiger partial charge in [0.25, 0.3) is 0 Å². The average Bonchev–Trinajstić information content (AvgIpc) is 1.76. The van der Waals surface area contributed by atoms with Gasteiger partial charge in [-0.3, -0.25) is 9.59 Å². The van der Waals surface area contributed by atoms with Gasteiger partial charge in [-0.1, -0.05) is 0 Å². The van der Waals surface area contributed by atoms with Gasteiger partial charge in [0.05, 0.1) is 24.5 Å². The number of carboxylic acid groups (broad SMARTS) is 2. The van der Waals surface area contributed by atoms with Crippen LogP contribution in [0.5, 0.6) is 0 Å². The van der Waals surface area contributed by atoms with Gasteiger partial charge in [0.2, 0.25) is 0 Å². The summed E-state index contributed by atoms with van der Waals surface area (Å²) >= 11 is 0. The molecule has 0 spiro atoms. The molecule has 0 aromatic rings. The summed E-state index contributed by atoms with van der Waals surface area (Å²) in [5.74, 6) is -2.12. The molecule has 0 aromatic heterocycles. The van der Waals surface area contributed by atoms with Crippen LogP contribution in [0.3, 0.4) is 0 Å². The van der Waals surface area contributed by atoms with E-state index in [9.17, 15) is 9.59 Å². The molecule has 0 aliphatic heterocycles.